The average Bonchev–Trinajstić information content (AvgIpc) is 2.84. The van der Waals surface area contributed by atoms with Crippen LogP contribution in [0, 0.1) is 11.3 Å². The van der Waals surface area contributed by atoms with E-state index in [0.29, 0.717) is 33.5 Å². The summed E-state index contributed by atoms with van der Waals surface area (Å²) in [5.74, 6) is 0.642. The van der Waals surface area contributed by atoms with Gasteiger partial charge in [-0.05, 0) is 35.9 Å². The molecular formula is C25H17Cl2N5O2. The van der Waals surface area contributed by atoms with Crippen molar-refractivity contribution >= 4 is 35.4 Å². The van der Waals surface area contributed by atoms with Gasteiger partial charge < -0.3 is 4.74 Å². The number of halogens is 2. The molecule has 0 atom stereocenters. The molecule has 0 saturated heterocycles. The number of hydrazone groups is 1. The van der Waals surface area contributed by atoms with Crippen molar-refractivity contribution in [2.45, 2.75) is 6.61 Å². The molecule has 0 aliphatic carbocycles. The minimum Gasteiger partial charge on any atom is -0.488 e. The lowest BCUT2D eigenvalue weighted by molar-refractivity contribution is 0.306. The number of aromatic nitrogens is 2. The molecule has 1 aromatic heterocycles. The van der Waals surface area contributed by atoms with Crippen molar-refractivity contribution in [1.29, 1.82) is 5.26 Å². The number of nitrogens with zero attached hydrogens (tertiary/aromatic N) is 3. The predicted molar refractivity (Wildman–Crippen MR) is 133 cm³/mol. The molecule has 0 aliphatic rings. The number of nitrogens with one attached hydrogen (secondary N) is 2. The Morgan fingerprint density at radius 2 is 1.85 bits per heavy atom. The number of nitriles is 1. The summed E-state index contributed by atoms with van der Waals surface area (Å²) in [6.07, 6.45) is 1.50. The van der Waals surface area contributed by atoms with Gasteiger partial charge in [0.05, 0.1) is 11.9 Å². The maximum atomic E-state index is 12.4. The molecule has 1 heterocycles. The number of hydrogen-bond donors (Lipinski definition) is 2. The van der Waals surface area contributed by atoms with Crippen LogP contribution in [-0.2, 0) is 6.61 Å². The minimum absolute atomic E-state index is 0.0766. The first kappa shape index (κ1) is 23.1. The van der Waals surface area contributed by atoms with Gasteiger partial charge in [-0.25, -0.2) is 10.4 Å². The quantitative estimate of drug-likeness (QED) is 0.258. The Morgan fingerprint density at radius 3 is 2.62 bits per heavy atom. The Labute approximate surface area is 205 Å². The van der Waals surface area contributed by atoms with Gasteiger partial charge in [0.15, 0.2) is 0 Å². The standard InChI is InChI=1S/C25H17Cl2N5O2/c26-19-8-4-5-16(11-19)15-34-22-10-9-20(27)12-18(22)14-29-32-25-30-23(17-6-2-1-3-7-17)21(13-28)24(33)31-25/h1-12,14H,15H2,(H2,30,31,32,33). The summed E-state index contributed by atoms with van der Waals surface area (Å²) in [6, 6.07) is 23.4. The highest BCUT2D eigenvalue weighted by Crippen LogP contribution is 2.23. The first-order valence-corrected chi connectivity index (χ1v) is 10.8. The van der Waals surface area contributed by atoms with E-state index in [0.717, 1.165) is 5.56 Å². The predicted octanol–water partition coefficient (Wildman–Crippen LogP) is 5.64. The van der Waals surface area contributed by atoms with Gasteiger partial charge in [-0.2, -0.15) is 10.4 Å². The van der Waals surface area contributed by atoms with E-state index in [4.69, 9.17) is 27.9 Å². The lowest BCUT2D eigenvalue weighted by Gasteiger charge is -2.10. The molecule has 0 fully saturated rings. The molecule has 0 radical (unpaired) electrons. The van der Waals surface area contributed by atoms with E-state index in [-0.39, 0.29) is 17.2 Å². The first-order chi connectivity index (χ1) is 16.5. The summed E-state index contributed by atoms with van der Waals surface area (Å²) in [7, 11) is 0. The third-order valence-electron chi connectivity index (χ3n) is 4.71. The van der Waals surface area contributed by atoms with Crippen molar-refractivity contribution in [3.8, 4) is 23.1 Å². The maximum Gasteiger partial charge on any atom is 0.270 e. The van der Waals surface area contributed by atoms with Gasteiger partial charge in [0.2, 0.25) is 5.95 Å². The van der Waals surface area contributed by atoms with E-state index in [1.54, 1.807) is 48.5 Å². The van der Waals surface area contributed by atoms with Crippen molar-refractivity contribution in [2.24, 2.45) is 5.10 Å². The van der Waals surface area contributed by atoms with E-state index >= 15 is 0 Å². The molecule has 0 amide bonds. The van der Waals surface area contributed by atoms with Crippen LogP contribution in [0.4, 0.5) is 5.95 Å². The summed E-state index contributed by atoms with van der Waals surface area (Å²) in [4.78, 5) is 19.3. The fourth-order valence-electron chi connectivity index (χ4n) is 3.14. The molecule has 168 valence electrons. The second kappa shape index (κ2) is 10.7. The molecule has 3 aromatic carbocycles. The van der Waals surface area contributed by atoms with Crippen molar-refractivity contribution in [1.82, 2.24) is 9.97 Å². The van der Waals surface area contributed by atoms with Crippen LogP contribution in [0.2, 0.25) is 10.0 Å². The Bertz CT molecular complexity index is 1450. The highest BCUT2D eigenvalue weighted by atomic mass is 35.5. The zero-order valence-corrected chi connectivity index (χ0v) is 19.1. The summed E-state index contributed by atoms with van der Waals surface area (Å²) in [6.45, 7) is 0.307. The smallest absolute Gasteiger partial charge is 0.270 e. The number of benzene rings is 3. The van der Waals surface area contributed by atoms with Crippen molar-refractivity contribution < 1.29 is 4.74 Å². The molecule has 4 aromatic rings. The van der Waals surface area contributed by atoms with Crippen LogP contribution in [0.25, 0.3) is 11.3 Å². The molecule has 9 heteroatoms. The van der Waals surface area contributed by atoms with Gasteiger partial charge >= 0.3 is 0 Å². The summed E-state index contributed by atoms with van der Waals surface area (Å²) < 4.78 is 5.92. The normalized spacial score (nSPS) is 10.7. The molecule has 4 rings (SSSR count). The van der Waals surface area contributed by atoms with Gasteiger partial charge in [0, 0.05) is 21.2 Å². The number of hydrogen-bond acceptors (Lipinski definition) is 6. The van der Waals surface area contributed by atoms with Gasteiger partial charge in [-0.15, -0.1) is 0 Å². The molecule has 2 N–H and O–H groups in total. The number of aromatic amines is 1. The molecule has 0 bridgehead atoms. The number of anilines is 1. The van der Waals surface area contributed by atoms with Crippen molar-refractivity contribution in [2.75, 3.05) is 5.43 Å². The summed E-state index contributed by atoms with van der Waals surface area (Å²) in [5.41, 5.74) is 4.49. The van der Waals surface area contributed by atoms with Crippen LogP contribution in [0.3, 0.4) is 0 Å². The number of rotatable bonds is 7. The third kappa shape index (κ3) is 5.62. The van der Waals surface area contributed by atoms with E-state index < -0.39 is 5.56 Å². The van der Waals surface area contributed by atoms with Crippen LogP contribution in [-0.4, -0.2) is 16.2 Å². The van der Waals surface area contributed by atoms with Crippen LogP contribution in [0.15, 0.2) is 82.7 Å². The molecule has 0 spiro atoms. The molecule has 0 unspecified atom stereocenters. The Hall–Kier alpha value is -4.12. The largest absolute Gasteiger partial charge is 0.488 e. The fraction of sp³-hybridized carbons (Fsp3) is 0.0400. The highest BCUT2D eigenvalue weighted by molar-refractivity contribution is 6.31. The van der Waals surface area contributed by atoms with E-state index in [1.807, 2.05) is 30.3 Å². The molecule has 0 aliphatic heterocycles. The third-order valence-corrected chi connectivity index (χ3v) is 5.18. The second-order valence-electron chi connectivity index (χ2n) is 7.09. The van der Waals surface area contributed by atoms with Crippen LogP contribution < -0.4 is 15.7 Å². The topological polar surface area (TPSA) is 103 Å². The fourth-order valence-corrected chi connectivity index (χ4v) is 3.53. The average molecular weight is 490 g/mol. The Morgan fingerprint density at radius 1 is 1.06 bits per heavy atom. The second-order valence-corrected chi connectivity index (χ2v) is 7.96. The van der Waals surface area contributed by atoms with E-state index in [9.17, 15) is 10.1 Å². The van der Waals surface area contributed by atoms with Crippen LogP contribution in [0.1, 0.15) is 16.7 Å². The van der Waals surface area contributed by atoms with Crippen LogP contribution in [0.5, 0.6) is 5.75 Å². The Balaban J connectivity index is 1.56. The van der Waals surface area contributed by atoms with E-state index in [2.05, 4.69) is 20.5 Å². The van der Waals surface area contributed by atoms with Gasteiger partial charge in [0.25, 0.3) is 5.56 Å². The lowest BCUT2D eigenvalue weighted by Crippen LogP contribution is -2.16. The van der Waals surface area contributed by atoms with Gasteiger partial charge in [-0.3, -0.25) is 9.78 Å². The van der Waals surface area contributed by atoms with Crippen LogP contribution >= 0.6 is 23.2 Å². The molecule has 0 saturated carbocycles. The minimum atomic E-state index is -0.567. The van der Waals surface area contributed by atoms with E-state index in [1.165, 1.54) is 6.21 Å². The molecular weight excluding hydrogens is 473 g/mol. The molecule has 34 heavy (non-hydrogen) atoms. The van der Waals surface area contributed by atoms with Gasteiger partial charge in [-0.1, -0.05) is 65.7 Å². The summed E-state index contributed by atoms with van der Waals surface area (Å²) in [5, 5.41) is 14.7. The maximum absolute atomic E-state index is 12.4. The van der Waals surface area contributed by atoms with Crippen molar-refractivity contribution in [3.63, 3.8) is 0 Å². The number of H-pyrrole nitrogens is 1. The first-order valence-electron chi connectivity index (χ1n) is 10.1. The summed E-state index contributed by atoms with van der Waals surface area (Å²) >= 11 is 12.2. The molecule has 7 nitrogen and oxygen atoms in total. The monoisotopic (exact) mass is 489 g/mol. The zero-order chi connectivity index (χ0) is 23.9. The lowest BCUT2D eigenvalue weighted by atomic mass is 10.1. The zero-order valence-electron chi connectivity index (χ0n) is 17.6. The SMILES string of the molecule is N#Cc1c(-c2ccccc2)nc(NN=Cc2cc(Cl)ccc2OCc2cccc(Cl)c2)[nH]c1=O. The number of ether oxygens (including phenoxy) is 1. The Kier molecular flexibility index (Phi) is 7.23. The van der Waals surface area contributed by atoms with Crippen molar-refractivity contribution in [3.05, 3.63) is 110 Å². The highest BCUT2D eigenvalue weighted by Gasteiger charge is 2.13. The van der Waals surface area contributed by atoms with Gasteiger partial charge in [0.1, 0.15) is 24.0 Å².